The smallest absolute Gasteiger partial charge is 0.254 e. The minimum absolute atomic E-state index is 0.176. The third kappa shape index (κ3) is 3.94. The number of nitrogens with zero attached hydrogens (tertiary/aromatic N) is 3. The first-order valence-corrected chi connectivity index (χ1v) is 8.32. The molecule has 0 atom stereocenters. The first kappa shape index (κ1) is 18.2. The number of rotatable bonds is 4. The van der Waals surface area contributed by atoms with Crippen LogP contribution in [-0.2, 0) is 9.53 Å². The minimum Gasteiger partial charge on any atom is -0.378 e. The summed E-state index contributed by atoms with van der Waals surface area (Å²) in [6, 6.07) is 4.20. The fraction of sp³-hybridized carbons (Fsp3) is 0.235. The Hall–Kier alpha value is -2.65. The Morgan fingerprint density at radius 1 is 1.31 bits per heavy atom. The molecule has 0 saturated carbocycles. The van der Waals surface area contributed by atoms with E-state index in [-0.39, 0.29) is 16.5 Å². The second-order valence-electron chi connectivity index (χ2n) is 5.68. The number of morpholine rings is 1. The summed E-state index contributed by atoms with van der Waals surface area (Å²) in [6.45, 7) is 1.99. The molecule has 136 valence electrons. The van der Waals surface area contributed by atoms with Gasteiger partial charge >= 0.3 is 0 Å². The van der Waals surface area contributed by atoms with Gasteiger partial charge in [0, 0.05) is 42.1 Å². The summed E-state index contributed by atoms with van der Waals surface area (Å²) in [6.07, 6.45) is 4.02. The zero-order valence-electron chi connectivity index (χ0n) is 13.8. The zero-order valence-corrected chi connectivity index (χ0v) is 14.7. The van der Waals surface area contributed by atoms with E-state index in [2.05, 4.69) is 17.7 Å². The molecule has 1 fully saturated rings. The van der Waals surface area contributed by atoms with Crippen molar-refractivity contribution >= 4 is 29.5 Å². The number of carbonyl (C=O) groups excluding carboxylic acids is 2. The van der Waals surface area contributed by atoms with E-state index in [4.69, 9.17) is 10.5 Å². The van der Waals surface area contributed by atoms with Crippen molar-refractivity contribution in [3.63, 3.8) is 0 Å². The van der Waals surface area contributed by atoms with Crippen LogP contribution in [0, 0.1) is 5.82 Å². The normalized spacial score (nSPS) is 15.2. The molecule has 7 nitrogen and oxygen atoms in total. The molecule has 0 radical (unpaired) electrons. The Morgan fingerprint density at radius 2 is 2.04 bits per heavy atom. The van der Waals surface area contributed by atoms with Gasteiger partial charge in [-0.3, -0.25) is 9.59 Å². The van der Waals surface area contributed by atoms with Gasteiger partial charge in [-0.1, -0.05) is 0 Å². The number of halogens is 1. The molecule has 0 bridgehead atoms. The molecule has 2 N–H and O–H groups in total. The van der Waals surface area contributed by atoms with Crippen LogP contribution < -0.4 is 5.73 Å². The summed E-state index contributed by atoms with van der Waals surface area (Å²) in [5.41, 5.74) is 6.14. The van der Waals surface area contributed by atoms with Crippen molar-refractivity contribution in [1.82, 2.24) is 14.7 Å². The van der Waals surface area contributed by atoms with E-state index in [1.165, 1.54) is 35.3 Å². The maximum absolute atomic E-state index is 14.3. The monoisotopic (exact) mass is 376 g/mol. The van der Waals surface area contributed by atoms with Crippen LogP contribution in [-0.4, -0.2) is 52.8 Å². The number of amides is 2. The number of primary amides is 1. The second-order valence-corrected chi connectivity index (χ2v) is 6.14. The van der Waals surface area contributed by atoms with Gasteiger partial charge in [0.05, 0.1) is 24.4 Å². The molecule has 1 aromatic carbocycles. The van der Waals surface area contributed by atoms with E-state index in [0.717, 1.165) is 6.08 Å². The van der Waals surface area contributed by atoms with Gasteiger partial charge in [0.15, 0.2) is 0 Å². The Kier molecular flexibility index (Phi) is 5.38. The third-order valence-corrected chi connectivity index (χ3v) is 4.25. The first-order chi connectivity index (χ1) is 12.5. The molecule has 0 spiro atoms. The molecule has 9 heteroatoms. The summed E-state index contributed by atoms with van der Waals surface area (Å²) < 4.78 is 20.8. The number of hydrogen-bond acceptors (Lipinski definition) is 5. The highest BCUT2D eigenvalue weighted by Gasteiger charge is 2.20. The average Bonchev–Trinajstić information content (AvgIpc) is 3.12. The second kappa shape index (κ2) is 7.71. The molecule has 2 aromatic rings. The average molecular weight is 376 g/mol. The lowest BCUT2D eigenvalue weighted by Gasteiger charge is -2.27. The quantitative estimate of drug-likeness (QED) is 0.623. The standard InChI is InChI=1S/C17H17FN4O3S/c18-14-2-1-11(17(24)21-3-5-25-6-4-21)7-13(14)12-9-20-22(10-12)16(26)8-15(19)23/h1-2,7-10,26H,3-6H2,(H2,19,23)/b16-8-. The molecule has 0 aliphatic carbocycles. The maximum Gasteiger partial charge on any atom is 0.254 e. The van der Waals surface area contributed by atoms with Crippen LogP contribution in [0.25, 0.3) is 16.2 Å². The van der Waals surface area contributed by atoms with Gasteiger partial charge in [0.2, 0.25) is 5.91 Å². The van der Waals surface area contributed by atoms with E-state index in [1.807, 2.05) is 0 Å². The van der Waals surface area contributed by atoms with E-state index < -0.39 is 11.7 Å². The summed E-state index contributed by atoms with van der Waals surface area (Å²) in [4.78, 5) is 25.2. The Balaban J connectivity index is 1.90. The van der Waals surface area contributed by atoms with E-state index in [0.29, 0.717) is 37.4 Å². The molecule has 0 unspecified atom stereocenters. The van der Waals surface area contributed by atoms with Gasteiger partial charge < -0.3 is 15.4 Å². The Morgan fingerprint density at radius 3 is 2.73 bits per heavy atom. The van der Waals surface area contributed by atoms with Crippen molar-refractivity contribution in [2.75, 3.05) is 26.3 Å². The summed E-state index contributed by atoms with van der Waals surface area (Å²) in [5, 5.41) is 4.24. The molecular weight excluding hydrogens is 359 g/mol. The van der Waals surface area contributed by atoms with Crippen LogP contribution >= 0.6 is 12.6 Å². The van der Waals surface area contributed by atoms with Gasteiger partial charge in [-0.05, 0) is 18.2 Å². The molecule has 1 saturated heterocycles. The predicted molar refractivity (Wildman–Crippen MR) is 96.8 cm³/mol. The molecule has 1 aliphatic rings. The highest BCUT2D eigenvalue weighted by molar-refractivity contribution is 7.90. The molecule has 2 amide bonds. The Bertz CT molecular complexity index is 875. The van der Waals surface area contributed by atoms with Crippen molar-refractivity contribution in [3.05, 3.63) is 48.0 Å². The lowest BCUT2D eigenvalue weighted by Crippen LogP contribution is -2.40. The number of benzene rings is 1. The Labute approximate surface area is 154 Å². The van der Waals surface area contributed by atoms with Gasteiger partial charge in [-0.25, -0.2) is 9.07 Å². The van der Waals surface area contributed by atoms with Gasteiger partial charge in [0.25, 0.3) is 5.91 Å². The number of aromatic nitrogens is 2. The number of carbonyl (C=O) groups is 2. The van der Waals surface area contributed by atoms with Crippen molar-refractivity contribution in [3.8, 4) is 11.1 Å². The maximum atomic E-state index is 14.3. The number of thiol groups is 1. The van der Waals surface area contributed by atoms with Crippen molar-refractivity contribution in [2.24, 2.45) is 5.73 Å². The lowest BCUT2D eigenvalue weighted by molar-refractivity contribution is -0.113. The van der Waals surface area contributed by atoms with Crippen molar-refractivity contribution in [2.45, 2.75) is 0 Å². The number of ether oxygens (including phenoxy) is 1. The van der Waals surface area contributed by atoms with Gasteiger partial charge in [-0.2, -0.15) is 5.10 Å². The molecule has 26 heavy (non-hydrogen) atoms. The third-order valence-electron chi connectivity index (χ3n) is 3.91. The molecule has 3 rings (SSSR count). The first-order valence-electron chi connectivity index (χ1n) is 7.88. The molecule has 1 aliphatic heterocycles. The summed E-state index contributed by atoms with van der Waals surface area (Å²) >= 11 is 4.13. The van der Waals surface area contributed by atoms with Crippen molar-refractivity contribution < 1.29 is 18.7 Å². The van der Waals surface area contributed by atoms with Crippen LogP contribution in [0.5, 0.6) is 0 Å². The fourth-order valence-corrected chi connectivity index (χ4v) is 2.85. The lowest BCUT2D eigenvalue weighted by atomic mass is 10.0. The predicted octanol–water partition coefficient (Wildman–Crippen LogP) is 1.38. The SMILES string of the molecule is NC(=O)/C=C(\S)n1cc(-c2cc(C(=O)N3CCOCC3)ccc2F)cn1. The van der Waals surface area contributed by atoms with Crippen LogP contribution in [0.2, 0.25) is 0 Å². The van der Waals surface area contributed by atoms with Crippen LogP contribution in [0.4, 0.5) is 4.39 Å². The zero-order chi connectivity index (χ0) is 18.7. The fourth-order valence-electron chi connectivity index (χ4n) is 2.61. The number of hydrogen-bond donors (Lipinski definition) is 2. The highest BCUT2D eigenvalue weighted by Crippen LogP contribution is 2.25. The minimum atomic E-state index is -0.670. The van der Waals surface area contributed by atoms with E-state index in [9.17, 15) is 14.0 Å². The number of nitrogens with two attached hydrogens (primary N) is 1. The molecule has 1 aromatic heterocycles. The van der Waals surface area contributed by atoms with E-state index in [1.54, 1.807) is 4.90 Å². The van der Waals surface area contributed by atoms with Gasteiger partial charge in [-0.15, -0.1) is 12.6 Å². The highest BCUT2D eigenvalue weighted by atomic mass is 32.1. The van der Waals surface area contributed by atoms with E-state index >= 15 is 0 Å². The topological polar surface area (TPSA) is 90.5 Å². The van der Waals surface area contributed by atoms with Crippen LogP contribution in [0.15, 0.2) is 36.7 Å². The largest absolute Gasteiger partial charge is 0.378 e. The van der Waals surface area contributed by atoms with Crippen LogP contribution in [0.1, 0.15) is 10.4 Å². The van der Waals surface area contributed by atoms with Crippen LogP contribution in [0.3, 0.4) is 0 Å². The summed E-state index contributed by atoms with van der Waals surface area (Å²) in [5.74, 6) is -1.33. The molecular formula is C17H17FN4O3S. The van der Waals surface area contributed by atoms with Crippen molar-refractivity contribution in [1.29, 1.82) is 0 Å². The molecule has 2 heterocycles. The summed E-state index contributed by atoms with van der Waals surface area (Å²) in [7, 11) is 0. The van der Waals surface area contributed by atoms with Gasteiger partial charge in [0.1, 0.15) is 5.82 Å².